The first-order valence-corrected chi connectivity index (χ1v) is 7.65. The zero-order valence-electron chi connectivity index (χ0n) is 12.9. The third-order valence-corrected chi connectivity index (χ3v) is 3.77. The fourth-order valence-electron chi connectivity index (χ4n) is 2.60. The van der Waals surface area contributed by atoms with Crippen LogP contribution in [-0.2, 0) is 0 Å². The minimum atomic E-state index is 0.774. The van der Waals surface area contributed by atoms with E-state index in [-0.39, 0.29) is 0 Å². The summed E-state index contributed by atoms with van der Waals surface area (Å²) in [5.74, 6) is 1.69. The van der Waals surface area contributed by atoms with Crippen LogP contribution in [0.5, 0.6) is 0 Å². The summed E-state index contributed by atoms with van der Waals surface area (Å²) in [7, 11) is 4.32. The van der Waals surface area contributed by atoms with E-state index in [1.165, 1.54) is 58.5 Å². The van der Waals surface area contributed by atoms with Crippen molar-refractivity contribution in [3.8, 4) is 0 Å². The Morgan fingerprint density at radius 3 is 2.44 bits per heavy atom. The summed E-state index contributed by atoms with van der Waals surface area (Å²) in [4.78, 5) is 4.92. The van der Waals surface area contributed by atoms with Crippen molar-refractivity contribution < 1.29 is 0 Å². The molecule has 0 atom stereocenters. The molecule has 0 radical (unpaired) electrons. The summed E-state index contributed by atoms with van der Waals surface area (Å²) in [5, 5.41) is 3.60. The minimum absolute atomic E-state index is 0.774. The van der Waals surface area contributed by atoms with Crippen molar-refractivity contribution in [1.29, 1.82) is 0 Å². The van der Waals surface area contributed by atoms with Crippen LogP contribution in [0.2, 0.25) is 0 Å². The van der Waals surface area contributed by atoms with Crippen molar-refractivity contribution in [1.82, 2.24) is 15.1 Å². The number of hydrogen-bond acceptors (Lipinski definition) is 3. The molecule has 0 aromatic carbocycles. The molecule has 108 valence electrons. The summed E-state index contributed by atoms with van der Waals surface area (Å²) < 4.78 is 0. The monoisotopic (exact) mass is 255 g/mol. The first-order valence-electron chi connectivity index (χ1n) is 7.65. The van der Waals surface area contributed by atoms with E-state index in [0.717, 1.165) is 11.8 Å². The standard InChI is InChI=1S/C15H33N3/c1-14(2)12-16-13-15-6-10-18(11-7-15)9-5-8-17(3)4/h14-16H,5-13H2,1-4H3. The average molecular weight is 255 g/mol. The van der Waals surface area contributed by atoms with E-state index >= 15 is 0 Å². The van der Waals surface area contributed by atoms with Gasteiger partial charge in [-0.1, -0.05) is 13.8 Å². The van der Waals surface area contributed by atoms with Gasteiger partial charge in [-0.15, -0.1) is 0 Å². The first kappa shape index (κ1) is 15.9. The molecule has 0 saturated carbocycles. The number of likely N-dealkylation sites (tertiary alicyclic amines) is 1. The van der Waals surface area contributed by atoms with E-state index in [1.807, 2.05) is 0 Å². The lowest BCUT2D eigenvalue weighted by Gasteiger charge is -2.32. The van der Waals surface area contributed by atoms with Crippen LogP contribution >= 0.6 is 0 Å². The van der Waals surface area contributed by atoms with Crippen molar-refractivity contribution in [3.63, 3.8) is 0 Å². The van der Waals surface area contributed by atoms with Gasteiger partial charge in [-0.2, -0.15) is 0 Å². The Balaban J connectivity index is 2.02. The zero-order valence-corrected chi connectivity index (χ0v) is 12.9. The van der Waals surface area contributed by atoms with Crippen LogP contribution < -0.4 is 5.32 Å². The van der Waals surface area contributed by atoms with E-state index in [2.05, 4.69) is 43.1 Å². The van der Waals surface area contributed by atoms with Crippen LogP contribution in [0, 0.1) is 11.8 Å². The largest absolute Gasteiger partial charge is 0.316 e. The highest BCUT2D eigenvalue weighted by Gasteiger charge is 2.18. The Bertz CT molecular complexity index is 174. The van der Waals surface area contributed by atoms with Crippen LogP contribution in [-0.4, -0.2) is 63.2 Å². The molecule has 1 rings (SSSR count). The summed E-state index contributed by atoms with van der Waals surface area (Å²) in [6, 6.07) is 0. The fourth-order valence-corrected chi connectivity index (χ4v) is 2.60. The Labute approximate surface area is 114 Å². The van der Waals surface area contributed by atoms with Crippen molar-refractivity contribution in [3.05, 3.63) is 0 Å². The maximum atomic E-state index is 3.60. The second kappa shape index (κ2) is 8.89. The molecule has 1 heterocycles. The lowest BCUT2D eigenvalue weighted by atomic mass is 9.96. The van der Waals surface area contributed by atoms with E-state index < -0.39 is 0 Å². The van der Waals surface area contributed by atoms with Gasteiger partial charge in [-0.3, -0.25) is 0 Å². The van der Waals surface area contributed by atoms with E-state index in [4.69, 9.17) is 0 Å². The van der Waals surface area contributed by atoms with Gasteiger partial charge in [0.05, 0.1) is 0 Å². The van der Waals surface area contributed by atoms with Crippen molar-refractivity contribution >= 4 is 0 Å². The van der Waals surface area contributed by atoms with Gasteiger partial charge in [0.15, 0.2) is 0 Å². The molecule has 0 unspecified atom stereocenters. The minimum Gasteiger partial charge on any atom is -0.316 e. The van der Waals surface area contributed by atoms with Gasteiger partial charge in [0.1, 0.15) is 0 Å². The molecule has 0 spiro atoms. The Morgan fingerprint density at radius 1 is 1.22 bits per heavy atom. The average Bonchev–Trinajstić information content (AvgIpc) is 2.30. The second-order valence-electron chi connectivity index (χ2n) is 6.49. The quantitative estimate of drug-likeness (QED) is 0.714. The van der Waals surface area contributed by atoms with Crippen molar-refractivity contribution in [2.75, 3.05) is 53.4 Å². The number of nitrogens with one attached hydrogen (secondary N) is 1. The summed E-state index contributed by atoms with van der Waals surface area (Å²) in [6.07, 6.45) is 4.07. The van der Waals surface area contributed by atoms with Gasteiger partial charge >= 0.3 is 0 Å². The summed E-state index contributed by atoms with van der Waals surface area (Å²) >= 11 is 0. The van der Waals surface area contributed by atoms with Gasteiger partial charge in [0, 0.05) is 0 Å². The van der Waals surface area contributed by atoms with E-state index in [0.29, 0.717) is 0 Å². The van der Waals surface area contributed by atoms with Crippen LogP contribution in [0.25, 0.3) is 0 Å². The molecule has 1 saturated heterocycles. The van der Waals surface area contributed by atoms with Crippen molar-refractivity contribution in [2.45, 2.75) is 33.1 Å². The van der Waals surface area contributed by atoms with Gasteiger partial charge in [0.2, 0.25) is 0 Å². The molecule has 1 aliphatic heterocycles. The molecule has 0 amide bonds. The zero-order chi connectivity index (χ0) is 13.4. The lowest BCUT2D eigenvalue weighted by Crippen LogP contribution is -2.38. The molecule has 1 N–H and O–H groups in total. The Hall–Kier alpha value is -0.120. The maximum absolute atomic E-state index is 3.60. The first-order chi connectivity index (χ1) is 8.58. The summed E-state index contributed by atoms with van der Waals surface area (Å²) in [5.41, 5.74) is 0. The SMILES string of the molecule is CC(C)CNCC1CCN(CCCN(C)C)CC1. The third kappa shape index (κ3) is 7.34. The highest BCUT2D eigenvalue weighted by Crippen LogP contribution is 2.16. The van der Waals surface area contributed by atoms with Crippen LogP contribution in [0.3, 0.4) is 0 Å². The Kier molecular flexibility index (Phi) is 7.87. The van der Waals surface area contributed by atoms with E-state index in [1.54, 1.807) is 0 Å². The van der Waals surface area contributed by atoms with Gasteiger partial charge in [0.25, 0.3) is 0 Å². The number of rotatable bonds is 8. The molecule has 1 aliphatic rings. The van der Waals surface area contributed by atoms with Crippen LogP contribution in [0.4, 0.5) is 0 Å². The molecule has 0 bridgehead atoms. The van der Waals surface area contributed by atoms with Crippen LogP contribution in [0.1, 0.15) is 33.1 Å². The second-order valence-corrected chi connectivity index (χ2v) is 6.49. The van der Waals surface area contributed by atoms with Crippen molar-refractivity contribution in [2.24, 2.45) is 11.8 Å². The number of piperidine rings is 1. The molecule has 18 heavy (non-hydrogen) atoms. The molecular formula is C15H33N3. The normalized spacial score (nSPS) is 19.0. The van der Waals surface area contributed by atoms with Gasteiger partial charge < -0.3 is 15.1 Å². The molecule has 0 aromatic rings. The molecule has 3 heteroatoms. The summed E-state index contributed by atoms with van der Waals surface area (Å²) in [6.45, 7) is 12.1. The number of nitrogens with zero attached hydrogens (tertiary/aromatic N) is 2. The predicted octanol–water partition coefficient (Wildman–Crippen LogP) is 1.90. The third-order valence-electron chi connectivity index (χ3n) is 3.77. The van der Waals surface area contributed by atoms with E-state index in [9.17, 15) is 0 Å². The predicted molar refractivity (Wildman–Crippen MR) is 80.0 cm³/mol. The molecule has 0 aliphatic carbocycles. The smallest absolute Gasteiger partial charge is 0.000655 e. The van der Waals surface area contributed by atoms with Gasteiger partial charge in [-0.25, -0.2) is 0 Å². The topological polar surface area (TPSA) is 18.5 Å². The highest BCUT2D eigenvalue weighted by molar-refractivity contribution is 4.74. The number of hydrogen-bond donors (Lipinski definition) is 1. The molecule has 1 fully saturated rings. The fraction of sp³-hybridized carbons (Fsp3) is 1.00. The Morgan fingerprint density at radius 2 is 1.89 bits per heavy atom. The molecular weight excluding hydrogens is 222 g/mol. The highest BCUT2D eigenvalue weighted by atomic mass is 15.1. The lowest BCUT2D eigenvalue weighted by molar-refractivity contribution is 0.175. The molecule has 0 aromatic heterocycles. The van der Waals surface area contributed by atoms with Crippen LogP contribution in [0.15, 0.2) is 0 Å². The van der Waals surface area contributed by atoms with Gasteiger partial charge in [-0.05, 0) is 84.5 Å². The maximum Gasteiger partial charge on any atom is -0.000655 e. The molecule has 3 nitrogen and oxygen atoms in total.